The minimum absolute atomic E-state index is 0.225. The molecule has 0 saturated heterocycles. The molecule has 96 valence electrons. The number of nitrogen functional groups attached to an aromatic ring is 1. The second-order valence-electron chi connectivity index (χ2n) is 4.27. The van der Waals surface area contributed by atoms with Gasteiger partial charge in [0.2, 0.25) is 0 Å². The number of hydrogen-bond acceptors (Lipinski definition) is 3. The normalized spacial score (nSPS) is 12.2. The molecule has 0 bridgehead atoms. The van der Waals surface area contributed by atoms with Crippen LogP contribution in [0, 0.1) is 0 Å². The van der Waals surface area contributed by atoms with E-state index in [-0.39, 0.29) is 6.10 Å². The standard InChI is InChI=1S/C14H23NO2/c1-4-6-11(3)17-12-7-8-13(15)14(10-12)16-9-5-2/h7-8,10-11H,4-6,9,15H2,1-3H3. The molecule has 17 heavy (non-hydrogen) atoms. The van der Waals surface area contributed by atoms with Crippen molar-refractivity contribution in [2.45, 2.75) is 46.1 Å². The average Bonchev–Trinajstić information content (AvgIpc) is 2.30. The van der Waals surface area contributed by atoms with E-state index in [1.807, 2.05) is 18.2 Å². The highest BCUT2D eigenvalue weighted by Gasteiger charge is 2.06. The van der Waals surface area contributed by atoms with Crippen molar-refractivity contribution in [2.24, 2.45) is 0 Å². The molecule has 1 unspecified atom stereocenters. The lowest BCUT2D eigenvalue weighted by Crippen LogP contribution is -2.11. The molecule has 1 atom stereocenters. The summed E-state index contributed by atoms with van der Waals surface area (Å²) in [6.45, 7) is 6.98. The van der Waals surface area contributed by atoms with E-state index < -0.39 is 0 Å². The van der Waals surface area contributed by atoms with Crippen LogP contribution in [0.15, 0.2) is 18.2 Å². The molecule has 2 N–H and O–H groups in total. The zero-order valence-electron chi connectivity index (χ0n) is 11.0. The van der Waals surface area contributed by atoms with Gasteiger partial charge in [0, 0.05) is 6.07 Å². The van der Waals surface area contributed by atoms with Gasteiger partial charge in [-0.3, -0.25) is 0 Å². The van der Waals surface area contributed by atoms with Crippen molar-refractivity contribution < 1.29 is 9.47 Å². The van der Waals surface area contributed by atoms with E-state index in [0.29, 0.717) is 18.0 Å². The second kappa shape index (κ2) is 7.05. The van der Waals surface area contributed by atoms with Gasteiger partial charge in [0.1, 0.15) is 11.5 Å². The van der Waals surface area contributed by atoms with E-state index in [9.17, 15) is 0 Å². The predicted octanol–water partition coefficient (Wildman–Crippen LogP) is 3.63. The molecule has 0 aliphatic heterocycles. The Morgan fingerprint density at radius 3 is 2.65 bits per heavy atom. The minimum Gasteiger partial charge on any atom is -0.491 e. The molecule has 0 aromatic heterocycles. The Labute approximate surface area is 104 Å². The van der Waals surface area contributed by atoms with Crippen LogP contribution in [0.5, 0.6) is 11.5 Å². The molecule has 0 heterocycles. The smallest absolute Gasteiger partial charge is 0.145 e. The average molecular weight is 237 g/mol. The first-order chi connectivity index (χ1) is 8.17. The zero-order valence-corrected chi connectivity index (χ0v) is 11.0. The molecular weight excluding hydrogens is 214 g/mol. The molecule has 3 heteroatoms. The molecule has 0 spiro atoms. The monoisotopic (exact) mass is 237 g/mol. The summed E-state index contributed by atoms with van der Waals surface area (Å²) in [7, 11) is 0. The van der Waals surface area contributed by atoms with E-state index in [0.717, 1.165) is 25.0 Å². The number of nitrogens with two attached hydrogens (primary N) is 1. The maximum absolute atomic E-state index is 5.84. The maximum Gasteiger partial charge on any atom is 0.145 e. The summed E-state index contributed by atoms with van der Waals surface area (Å²) in [6.07, 6.45) is 3.37. The molecule has 3 nitrogen and oxygen atoms in total. The fraction of sp³-hybridized carbons (Fsp3) is 0.571. The summed E-state index contributed by atoms with van der Waals surface area (Å²) >= 11 is 0. The van der Waals surface area contributed by atoms with E-state index in [1.165, 1.54) is 0 Å². The number of ether oxygens (including phenoxy) is 2. The van der Waals surface area contributed by atoms with Crippen molar-refractivity contribution in [1.82, 2.24) is 0 Å². The van der Waals surface area contributed by atoms with Gasteiger partial charge in [0.15, 0.2) is 0 Å². The van der Waals surface area contributed by atoms with E-state index in [1.54, 1.807) is 0 Å². The third kappa shape index (κ3) is 4.55. The van der Waals surface area contributed by atoms with Crippen LogP contribution in [0.1, 0.15) is 40.0 Å². The third-order valence-corrected chi connectivity index (χ3v) is 2.48. The highest BCUT2D eigenvalue weighted by atomic mass is 16.5. The van der Waals surface area contributed by atoms with Crippen LogP contribution >= 0.6 is 0 Å². The molecule has 0 fully saturated rings. The predicted molar refractivity (Wildman–Crippen MR) is 71.6 cm³/mol. The zero-order chi connectivity index (χ0) is 12.7. The lowest BCUT2D eigenvalue weighted by Gasteiger charge is -2.15. The van der Waals surface area contributed by atoms with Gasteiger partial charge in [-0.05, 0) is 31.9 Å². The Bertz CT molecular complexity index is 339. The summed E-state index contributed by atoms with van der Waals surface area (Å²) < 4.78 is 11.4. The molecule has 1 rings (SSSR count). The quantitative estimate of drug-likeness (QED) is 0.736. The van der Waals surface area contributed by atoms with Crippen molar-refractivity contribution in [1.29, 1.82) is 0 Å². The van der Waals surface area contributed by atoms with Gasteiger partial charge in [-0.1, -0.05) is 20.3 Å². The Kier molecular flexibility index (Phi) is 5.67. The Balaban J connectivity index is 2.67. The fourth-order valence-corrected chi connectivity index (χ4v) is 1.62. The first kappa shape index (κ1) is 13.7. The number of hydrogen-bond donors (Lipinski definition) is 1. The van der Waals surface area contributed by atoms with Gasteiger partial charge >= 0.3 is 0 Å². The van der Waals surface area contributed by atoms with Crippen LogP contribution in [-0.4, -0.2) is 12.7 Å². The largest absolute Gasteiger partial charge is 0.491 e. The second-order valence-corrected chi connectivity index (χ2v) is 4.27. The van der Waals surface area contributed by atoms with Crippen LogP contribution < -0.4 is 15.2 Å². The molecule has 0 aliphatic rings. The van der Waals surface area contributed by atoms with Crippen molar-refractivity contribution in [2.75, 3.05) is 12.3 Å². The van der Waals surface area contributed by atoms with Crippen LogP contribution in [0.2, 0.25) is 0 Å². The molecule has 0 amide bonds. The fourth-order valence-electron chi connectivity index (χ4n) is 1.62. The number of rotatable bonds is 7. The summed E-state index contributed by atoms with van der Waals surface area (Å²) in [5.74, 6) is 1.54. The van der Waals surface area contributed by atoms with Crippen molar-refractivity contribution >= 4 is 5.69 Å². The van der Waals surface area contributed by atoms with Gasteiger partial charge in [-0.15, -0.1) is 0 Å². The Morgan fingerprint density at radius 1 is 1.24 bits per heavy atom. The molecule has 0 aliphatic carbocycles. The first-order valence-electron chi connectivity index (χ1n) is 6.36. The highest BCUT2D eigenvalue weighted by Crippen LogP contribution is 2.28. The molecule has 0 radical (unpaired) electrons. The number of benzene rings is 1. The molecule has 1 aromatic rings. The van der Waals surface area contributed by atoms with Crippen LogP contribution in [0.3, 0.4) is 0 Å². The molecular formula is C14H23NO2. The van der Waals surface area contributed by atoms with Crippen molar-refractivity contribution in [3.05, 3.63) is 18.2 Å². The van der Waals surface area contributed by atoms with Gasteiger partial charge in [0.05, 0.1) is 18.4 Å². The van der Waals surface area contributed by atoms with Gasteiger partial charge in [-0.2, -0.15) is 0 Å². The molecule has 1 aromatic carbocycles. The Hall–Kier alpha value is -1.38. The summed E-state index contributed by atoms with van der Waals surface area (Å²) in [5, 5.41) is 0. The van der Waals surface area contributed by atoms with Gasteiger partial charge < -0.3 is 15.2 Å². The van der Waals surface area contributed by atoms with Crippen LogP contribution in [0.25, 0.3) is 0 Å². The first-order valence-corrected chi connectivity index (χ1v) is 6.36. The topological polar surface area (TPSA) is 44.5 Å². The van der Waals surface area contributed by atoms with Crippen molar-refractivity contribution in [3.8, 4) is 11.5 Å². The summed E-state index contributed by atoms with van der Waals surface area (Å²) in [4.78, 5) is 0. The minimum atomic E-state index is 0.225. The Morgan fingerprint density at radius 2 is 2.00 bits per heavy atom. The van der Waals surface area contributed by atoms with Crippen molar-refractivity contribution in [3.63, 3.8) is 0 Å². The summed E-state index contributed by atoms with van der Waals surface area (Å²) in [5.41, 5.74) is 6.50. The van der Waals surface area contributed by atoms with Gasteiger partial charge in [-0.25, -0.2) is 0 Å². The lowest BCUT2D eigenvalue weighted by atomic mass is 10.2. The third-order valence-electron chi connectivity index (χ3n) is 2.48. The number of anilines is 1. The van der Waals surface area contributed by atoms with Crippen LogP contribution in [-0.2, 0) is 0 Å². The van der Waals surface area contributed by atoms with Crippen LogP contribution in [0.4, 0.5) is 5.69 Å². The van der Waals surface area contributed by atoms with E-state index >= 15 is 0 Å². The maximum atomic E-state index is 5.84. The highest BCUT2D eigenvalue weighted by molar-refractivity contribution is 5.55. The van der Waals surface area contributed by atoms with E-state index in [2.05, 4.69) is 20.8 Å². The van der Waals surface area contributed by atoms with Gasteiger partial charge in [0.25, 0.3) is 0 Å². The summed E-state index contributed by atoms with van der Waals surface area (Å²) in [6, 6.07) is 5.59. The van der Waals surface area contributed by atoms with E-state index in [4.69, 9.17) is 15.2 Å². The lowest BCUT2D eigenvalue weighted by molar-refractivity contribution is 0.208. The molecule has 0 saturated carbocycles. The SMILES string of the molecule is CCCOc1cc(OC(C)CCC)ccc1N.